The summed E-state index contributed by atoms with van der Waals surface area (Å²) in [6.07, 6.45) is -5.99. The summed E-state index contributed by atoms with van der Waals surface area (Å²) < 4.78 is 64.7. The second-order valence-corrected chi connectivity index (χ2v) is 10.1. The van der Waals surface area contributed by atoms with Crippen LogP contribution in [0.4, 0.5) is 22.0 Å². The van der Waals surface area contributed by atoms with Gasteiger partial charge in [0.25, 0.3) is 0 Å². The van der Waals surface area contributed by atoms with E-state index in [2.05, 4.69) is 26.7 Å². The molecule has 2 aliphatic carbocycles. The van der Waals surface area contributed by atoms with Gasteiger partial charge in [0.05, 0.1) is 47.4 Å². The first-order valence-corrected chi connectivity index (χ1v) is 12.3. The molecule has 0 spiro atoms. The first-order valence-electron chi connectivity index (χ1n) is 12.3. The molecule has 2 fully saturated rings. The van der Waals surface area contributed by atoms with Crippen LogP contribution in [0.3, 0.4) is 0 Å². The number of imidazole rings is 1. The van der Waals surface area contributed by atoms with Crippen molar-refractivity contribution in [2.75, 3.05) is 0 Å². The molecule has 2 aromatic rings. The highest BCUT2D eigenvalue weighted by atomic mass is 19.4. The molecule has 37 heavy (non-hydrogen) atoms. The number of nitrogens with zero attached hydrogens (tertiary/aromatic N) is 2. The van der Waals surface area contributed by atoms with Crippen molar-refractivity contribution in [3.8, 4) is 6.07 Å². The van der Waals surface area contributed by atoms with Gasteiger partial charge < -0.3 is 15.6 Å². The van der Waals surface area contributed by atoms with E-state index in [4.69, 9.17) is 5.26 Å². The highest BCUT2D eigenvalue weighted by Gasteiger charge is 2.46. The number of nitriles is 1. The minimum Gasteiger partial charge on any atom is -0.350 e. The number of carbonyl (C=O) groups excluding carboxylic acids is 2. The monoisotopic (exact) mass is 525 g/mol. The molecule has 3 N–H and O–H groups in total. The normalized spacial score (nSPS) is 23.2. The Morgan fingerprint density at radius 1 is 1.24 bits per heavy atom. The van der Waals surface area contributed by atoms with Gasteiger partial charge in [-0.25, -0.2) is 13.8 Å². The summed E-state index contributed by atoms with van der Waals surface area (Å²) in [6, 6.07) is 5.95. The zero-order valence-electron chi connectivity index (χ0n) is 20.2. The maximum Gasteiger partial charge on any atom is 0.389 e. The van der Waals surface area contributed by atoms with Crippen LogP contribution in [0, 0.1) is 29.1 Å². The quantitative estimate of drug-likeness (QED) is 0.410. The lowest BCUT2D eigenvalue weighted by Gasteiger charge is -2.33. The van der Waals surface area contributed by atoms with Crippen molar-refractivity contribution in [2.45, 2.75) is 76.1 Å². The molecule has 0 bridgehead atoms. The predicted octanol–water partition coefficient (Wildman–Crippen LogP) is 5.23. The number of H-pyrrole nitrogens is 1. The van der Waals surface area contributed by atoms with Crippen LogP contribution in [0.15, 0.2) is 18.2 Å². The average molecular weight is 526 g/mol. The Morgan fingerprint density at radius 3 is 2.57 bits per heavy atom. The smallest absolute Gasteiger partial charge is 0.350 e. The molecule has 12 heteroatoms. The Hall–Kier alpha value is -3.23. The lowest BCUT2D eigenvalue weighted by atomic mass is 9.81. The fraction of sp³-hybridized carbons (Fsp3) is 0.600. The summed E-state index contributed by atoms with van der Waals surface area (Å²) in [5.74, 6) is -4.39. The third-order valence-corrected chi connectivity index (χ3v) is 7.16. The number of alkyl halides is 5. The summed E-state index contributed by atoms with van der Waals surface area (Å²) in [4.78, 5) is 32.4. The van der Waals surface area contributed by atoms with E-state index in [9.17, 15) is 31.5 Å². The molecule has 4 atom stereocenters. The Bertz CT molecular complexity index is 1190. The van der Waals surface area contributed by atoms with Crippen molar-refractivity contribution in [1.29, 1.82) is 5.26 Å². The van der Waals surface area contributed by atoms with Crippen molar-refractivity contribution < 1.29 is 31.5 Å². The van der Waals surface area contributed by atoms with E-state index in [1.807, 2.05) is 0 Å². The standard InChI is InChI=1S/C25H28F5N5O2/c1-13(32-20(36)6-9-25(28,29)30)15-2-3-18-19(11-15)34-22(33-18)21(14-4-7-24(26,27)8-5-14)35-23(37)17-10-16(17)12-31/h2-3,11,13-14,16-17,21H,4-10H2,1H3,(H,32,36)(H,33,34)(H,35,37)/t13-,16-,17+,21+/m1/s1. The molecule has 0 aliphatic heterocycles. The van der Waals surface area contributed by atoms with E-state index in [1.165, 1.54) is 0 Å². The molecule has 4 rings (SSSR count). The molecule has 7 nitrogen and oxygen atoms in total. The Labute approximate surface area is 210 Å². The summed E-state index contributed by atoms with van der Waals surface area (Å²) in [5.41, 5.74) is 1.76. The minimum absolute atomic E-state index is 0.202. The van der Waals surface area contributed by atoms with Gasteiger partial charge in [0.2, 0.25) is 17.7 Å². The van der Waals surface area contributed by atoms with Crippen molar-refractivity contribution in [3.05, 3.63) is 29.6 Å². The summed E-state index contributed by atoms with van der Waals surface area (Å²) in [5, 5.41) is 14.5. The van der Waals surface area contributed by atoms with Crippen LogP contribution in [0.2, 0.25) is 0 Å². The van der Waals surface area contributed by atoms with Crippen LogP contribution in [-0.4, -0.2) is 33.9 Å². The number of carbonyl (C=O) groups is 2. The van der Waals surface area contributed by atoms with E-state index in [0.717, 1.165) is 0 Å². The number of aromatic nitrogens is 2. The average Bonchev–Trinajstić information content (AvgIpc) is 3.50. The Kier molecular flexibility index (Phi) is 7.44. The lowest BCUT2D eigenvalue weighted by molar-refractivity contribution is -0.144. The van der Waals surface area contributed by atoms with Crippen molar-refractivity contribution in [3.63, 3.8) is 0 Å². The van der Waals surface area contributed by atoms with Crippen LogP contribution in [0.25, 0.3) is 11.0 Å². The van der Waals surface area contributed by atoms with Gasteiger partial charge in [0, 0.05) is 19.3 Å². The number of benzene rings is 1. The van der Waals surface area contributed by atoms with Gasteiger partial charge in [-0.1, -0.05) is 6.07 Å². The number of hydrogen-bond acceptors (Lipinski definition) is 4. The van der Waals surface area contributed by atoms with Gasteiger partial charge in [-0.2, -0.15) is 18.4 Å². The maximum absolute atomic E-state index is 13.8. The number of aromatic amines is 1. The van der Waals surface area contributed by atoms with E-state index >= 15 is 0 Å². The highest BCUT2D eigenvalue weighted by molar-refractivity contribution is 5.83. The maximum atomic E-state index is 13.8. The van der Waals surface area contributed by atoms with Gasteiger partial charge in [-0.15, -0.1) is 0 Å². The molecule has 0 unspecified atom stereocenters. The zero-order valence-corrected chi connectivity index (χ0v) is 20.2. The number of amides is 2. The molecule has 2 saturated carbocycles. The third kappa shape index (κ3) is 6.76. The van der Waals surface area contributed by atoms with Crippen LogP contribution < -0.4 is 10.6 Å². The van der Waals surface area contributed by atoms with Crippen molar-refractivity contribution in [1.82, 2.24) is 20.6 Å². The molecule has 1 aromatic heterocycles. The molecule has 2 aliphatic rings. The predicted molar refractivity (Wildman–Crippen MR) is 123 cm³/mol. The fourth-order valence-corrected chi connectivity index (χ4v) is 4.81. The van der Waals surface area contributed by atoms with Crippen molar-refractivity contribution in [2.24, 2.45) is 17.8 Å². The Balaban J connectivity index is 1.51. The van der Waals surface area contributed by atoms with Gasteiger partial charge in [-0.05, 0) is 49.8 Å². The fourth-order valence-electron chi connectivity index (χ4n) is 4.81. The first kappa shape index (κ1) is 26.8. The number of fused-ring (bicyclic) bond motifs is 1. The van der Waals surface area contributed by atoms with E-state index < -0.39 is 48.8 Å². The molecule has 2 amide bonds. The minimum atomic E-state index is -4.42. The lowest BCUT2D eigenvalue weighted by Crippen LogP contribution is -2.38. The van der Waals surface area contributed by atoms with Gasteiger partial charge in [0.15, 0.2) is 0 Å². The van der Waals surface area contributed by atoms with Gasteiger partial charge in [0.1, 0.15) is 5.82 Å². The molecule has 1 aromatic carbocycles. The zero-order chi connectivity index (χ0) is 27.0. The third-order valence-electron chi connectivity index (χ3n) is 7.16. The molecular formula is C25H28F5N5O2. The topological polar surface area (TPSA) is 111 Å². The van der Waals surface area contributed by atoms with Gasteiger partial charge >= 0.3 is 6.18 Å². The molecule has 200 valence electrons. The van der Waals surface area contributed by atoms with Crippen LogP contribution in [0.1, 0.15) is 75.3 Å². The Morgan fingerprint density at radius 2 is 1.95 bits per heavy atom. The molecule has 0 radical (unpaired) electrons. The number of nitrogens with one attached hydrogen (secondary N) is 3. The second-order valence-electron chi connectivity index (χ2n) is 10.1. The van der Waals surface area contributed by atoms with Crippen LogP contribution in [0.5, 0.6) is 0 Å². The number of rotatable bonds is 8. The SMILES string of the molecule is C[C@@H](NC(=O)CCC(F)(F)F)c1ccc2nc([C@@H](NC(=O)[C@H]3C[C@@H]3C#N)C3CCC(F)(F)CC3)[nH]c2c1. The van der Waals surface area contributed by atoms with E-state index in [0.29, 0.717) is 28.8 Å². The summed E-state index contributed by atoms with van der Waals surface area (Å²) >= 11 is 0. The van der Waals surface area contributed by atoms with Crippen LogP contribution >= 0.6 is 0 Å². The summed E-state index contributed by atoms with van der Waals surface area (Å²) in [6.45, 7) is 1.65. The number of hydrogen-bond donors (Lipinski definition) is 3. The van der Waals surface area contributed by atoms with Crippen LogP contribution in [-0.2, 0) is 9.59 Å². The first-order chi connectivity index (χ1) is 17.3. The summed E-state index contributed by atoms with van der Waals surface area (Å²) in [7, 11) is 0. The molecule has 0 saturated heterocycles. The second kappa shape index (κ2) is 10.3. The molecular weight excluding hydrogens is 497 g/mol. The highest BCUT2D eigenvalue weighted by Crippen LogP contribution is 2.43. The van der Waals surface area contributed by atoms with Gasteiger partial charge in [-0.3, -0.25) is 9.59 Å². The van der Waals surface area contributed by atoms with Crippen molar-refractivity contribution >= 4 is 22.8 Å². The molecule has 1 heterocycles. The largest absolute Gasteiger partial charge is 0.389 e. The van der Waals surface area contributed by atoms with E-state index in [1.54, 1.807) is 25.1 Å². The van der Waals surface area contributed by atoms with E-state index in [-0.39, 0.29) is 43.4 Å². The number of halogens is 5.